The average Bonchev–Trinajstić information content (AvgIpc) is 2.17. The smallest absolute Gasteiger partial charge is 0.0723 e. The van der Waals surface area contributed by atoms with Gasteiger partial charge < -0.3 is 21.3 Å². The highest BCUT2D eigenvalue weighted by molar-refractivity contribution is 6.31. The minimum atomic E-state index is -0.404. The van der Waals surface area contributed by atoms with Crippen molar-refractivity contribution in [1.29, 1.82) is 0 Å². The molecule has 5 N–H and O–H groups in total. The van der Waals surface area contributed by atoms with E-state index in [1.807, 2.05) is 0 Å². The lowest BCUT2D eigenvalue weighted by atomic mass is 10.2. The number of rotatable bonds is 4. The van der Waals surface area contributed by atoms with E-state index in [2.05, 4.69) is 5.32 Å². The Bertz CT molecular complexity index is 303. The lowest BCUT2D eigenvalue weighted by Crippen LogP contribution is -2.28. The molecule has 0 saturated carbocycles. The quantitative estimate of drug-likeness (QED) is 0.559. The molecule has 0 radical (unpaired) electrons. The summed E-state index contributed by atoms with van der Waals surface area (Å²) in [6.45, 7) is -0.308. The van der Waals surface area contributed by atoms with Crippen LogP contribution in [-0.2, 0) is 0 Å². The lowest BCUT2D eigenvalue weighted by molar-refractivity contribution is 0.204. The monoisotopic (exact) mass is 216 g/mol. The molecule has 0 heterocycles. The highest BCUT2D eigenvalue weighted by Crippen LogP contribution is 2.23. The number of aliphatic hydroxyl groups excluding tert-OH is 2. The van der Waals surface area contributed by atoms with Crippen LogP contribution in [0.2, 0.25) is 5.02 Å². The number of nitrogens with two attached hydrogens (primary N) is 1. The Hall–Kier alpha value is -0.970. The first kappa shape index (κ1) is 11.1. The van der Waals surface area contributed by atoms with Crippen molar-refractivity contribution in [1.82, 2.24) is 0 Å². The Morgan fingerprint density at radius 3 is 2.50 bits per heavy atom. The molecule has 0 aromatic heterocycles. The van der Waals surface area contributed by atoms with Crippen LogP contribution in [0.1, 0.15) is 0 Å². The van der Waals surface area contributed by atoms with E-state index in [4.69, 9.17) is 27.5 Å². The number of benzene rings is 1. The van der Waals surface area contributed by atoms with Crippen molar-refractivity contribution in [3.05, 3.63) is 23.2 Å². The Morgan fingerprint density at radius 1 is 1.36 bits per heavy atom. The number of nitrogen functional groups attached to an aromatic ring is 1. The summed E-state index contributed by atoms with van der Waals surface area (Å²) < 4.78 is 0. The summed E-state index contributed by atoms with van der Waals surface area (Å²) >= 11 is 5.71. The van der Waals surface area contributed by atoms with Crippen LogP contribution in [0.25, 0.3) is 0 Å². The summed E-state index contributed by atoms with van der Waals surface area (Å²) in [5, 5.41) is 21.1. The van der Waals surface area contributed by atoms with Crippen molar-refractivity contribution in [2.75, 3.05) is 24.3 Å². The Labute approximate surface area is 87.3 Å². The molecule has 14 heavy (non-hydrogen) atoms. The minimum absolute atomic E-state index is 0.154. The summed E-state index contributed by atoms with van der Waals surface area (Å²) in [7, 11) is 0. The second kappa shape index (κ2) is 5.05. The van der Waals surface area contributed by atoms with E-state index < -0.39 is 6.04 Å². The molecule has 4 nitrogen and oxygen atoms in total. The van der Waals surface area contributed by atoms with E-state index in [1.54, 1.807) is 18.2 Å². The van der Waals surface area contributed by atoms with Gasteiger partial charge in [-0.15, -0.1) is 0 Å². The maximum atomic E-state index is 8.84. The van der Waals surface area contributed by atoms with E-state index in [1.165, 1.54) is 0 Å². The van der Waals surface area contributed by atoms with Crippen LogP contribution in [-0.4, -0.2) is 29.5 Å². The van der Waals surface area contributed by atoms with E-state index in [0.29, 0.717) is 16.4 Å². The van der Waals surface area contributed by atoms with E-state index in [0.717, 1.165) is 0 Å². The van der Waals surface area contributed by atoms with Gasteiger partial charge in [0.25, 0.3) is 0 Å². The first-order valence-electron chi connectivity index (χ1n) is 4.20. The molecule has 0 aliphatic carbocycles. The van der Waals surface area contributed by atoms with Crippen molar-refractivity contribution in [2.45, 2.75) is 6.04 Å². The van der Waals surface area contributed by atoms with Gasteiger partial charge in [0, 0.05) is 5.02 Å². The zero-order chi connectivity index (χ0) is 10.6. The van der Waals surface area contributed by atoms with Crippen LogP contribution in [0, 0.1) is 0 Å². The van der Waals surface area contributed by atoms with E-state index >= 15 is 0 Å². The third-order valence-corrected chi connectivity index (χ3v) is 2.05. The topological polar surface area (TPSA) is 78.5 Å². The Morgan fingerprint density at radius 2 is 2.00 bits per heavy atom. The highest BCUT2D eigenvalue weighted by atomic mass is 35.5. The first-order valence-corrected chi connectivity index (χ1v) is 4.58. The number of hydrogen-bond acceptors (Lipinski definition) is 4. The number of halogens is 1. The fourth-order valence-corrected chi connectivity index (χ4v) is 1.21. The molecular formula is C9H13ClN2O2. The zero-order valence-corrected chi connectivity index (χ0v) is 8.33. The molecule has 1 rings (SSSR count). The van der Waals surface area contributed by atoms with Crippen molar-refractivity contribution in [3.63, 3.8) is 0 Å². The highest BCUT2D eigenvalue weighted by Gasteiger charge is 2.07. The molecule has 0 aliphatic rings. The number of anilines is 2. The molecule has 5 heteroatoms. The van der Waals surface area contributed by atoms with E-state index in [-0.39, 0.29) is 13.2 Å². The van der Waals surface area contributed by atoms with Gasteiger partial charge in [0.15, 0.2) is 0 Å². The normalized spacial score (nSPS) is 10.6. The predicted molar refractivity (Wildman–Crippen MR) is 57.4 cm³/mol. The molecule has 0 fully saturated rings. The summed E-state index contributed by atoms with van der Waals surface area (Å²) in [5.74, 6) is 0. The lowest BCUT2D eigenvalue weighted by Gasteiger charge is -2.16. The third-order valence-electron chi connectivity index (χ3n) is 1.81. The molecule has 0 unspecified atom stereocenters. The van der Waals surface area contributed by atoms with Crippen LogP contribution in [0.5, 0.6) is 0 Å². The zero-order valence-electron chi connectivity index (χ0n) is 7.57. The molecule has 0 saturated heterocycles. The van der Waals surface area contributed by atoms with Gasteiger partial charge in [0.1, 0.15) is 0 Å². The standard InChI is InChI=1S/C9H13ClN2O2/c10-6-1-2-9(8(11)3-6)12-7(4-13)5-14/h1-3,7,12-14H,4-5,11H2. The molecule has 78 valence electrons. The molecule has 0 aliphatic heterocycles. The van der Waals surface area contributed by atoms with Gasteiger partial charge in [-0.25, -0.2) is 0 Å². The van der Waals surface area contributed by atoms with Crippen LogP contribution in [0.3, 0.4) is 0 Å². The van der Waals surface area contributed by atoms with E-state index in [9.17, 15) is 0 Å². The fraction of sp³-hybridized carbons (Fsp3) is 0.333. The van der Waals surface area contributed by atoms with Crippen LogP contribution >= 0.6 is 11.6 Å². The van der Waals surface area contributed by atoms with Crippen molar-refractivity contribution >= 4 is 23.0 Å². The molecule has 1 aromatic rings. The van der Waals surface area contributed by atoms with Crippen molar-refractivity contribution in [3.8, 4) is 0 Å². The predicted octanol–water partition coefficient (Wildman–Crippen LogP) is 0.687. The van der Waals surface area contributed by atoms with Gasteiger partial charge in [0.2, 0.25) is 0 Å². The van der Waals surface area contributed by atoms with Gasteiger partial charge in [-0.2, -0.15) is 0 Å². The molecule has 0 atom stereocenters. The summed E-state index contributed by atoms with van der Waals surface area (Å²) in [6.07, 6.45) is 0. The van der Waals surface area contributed by atoms with Crippen LogP contribution in [0.15, 0.2) is 18.2 Å². The number of aliphatic hydroxyl groups is 2. The Kier molecular flexibility index (Phi) is 4.00. The maximum Gasteiger partial charge on any atom is 0.0723 e. The Balaban J connectivity index is 2.76. The summed E-state index contributed by atoms with van der Waals surface area (Å²) in [6, 6.07) is 4.59. The fourth-order valence-electron chi connectivity index (χ4n) is 1.03. The second-order valence-electron chi connectivity index (χ2n) is 2.94. The van der Waals surface area contributed by atoms with Gasteiger partial charge in [-0.1, -0.05) is 11.6 Å². The summed E-state index contributed by atoms with van der Waals surface area (Å²) in [5.41, 5.74) is 6.81. The van der Waals surface area contributed by atoms with Gasteiger partial charge >= 0.3 is 0 Å². The average molecular weight is 217 g/mol. The minimum Gasteiger partial charge on any atom is -0.397 e. The first-order chi connectivity index (χ1) is 6.67. The van der Waals surface area contributed by atoms with Crippen molar-refractivity contribution in [2.24, 2.45) is 0 Å². The SMILES string of the molecule is Nc1cc(Cl)ccc1NC(CO)CO. The largest absolute Gasteiger partial charge is 0.397 e. The van der Waals surface area contributed by atoms with Crippen molar-refractivity contribution < 1.29 is 10.2 Å². The molecule has 0 amide bonds. The van der Waals surface area contributed by atoms with Crippen LogP contribution in [0.4, 0.5) is 11.4 Å². The molecule has 0 spiro atoms. The van der Waals surface area contributed by atoms with Crippen LogP contribution < -0.4 is 11.1 Å². The number of nitrogens with one attached hydrogen (secondary N) is 1. The third kappa shape index (κ3) is 2.77. The van der Waals surface area contributed by atoms with Gasteiger partial charge in [-0.05, 0) is 18.2 Å². The molecular weight excluding hydrogens is 204 g/mol. The summed E-state index contributed by atoms with van der Waals surface area (Å²) in [4.78, 5) is 0. The van der Waals surface area contributed by atoms with Gasteiger partial charge in [0.05, 0.1) is 30.6 Å². The van der Waals surface area contributed by atoms with Gasteiger partial charge in [-0.3, -0.25) is 0 Å². The second-order valence-corrected chi connectivity index (χ2v) is 3.37. The number of hydrogen-bond donors (Lipinski definition) is 4. The molecule has 1 aromatic carbocycles. The maximum absolute atomic E-state index is 8.84. The molecule has 0 bridgehead atoms.